The van der Waals surface area contributed by atoms with Gasteiger partial charge in [0.25, 0.3) is 11.1 Å². The number of benzene rings is 1. The van der Waals surface area contributed by atoms with E-state index < -0.39 is 17.1 Å². The smallest absolute Gasteiger partial charge is 0.326 e. The van der Waals surface area contributed by atoms with E-state index in [0.717, 1.165) is 35.3 Å². The lowest BCUT2D eigenvalue weighted by molar-refractivity contribution is -0.145. The van der Waals surface area contributed by atoms with Gasteiger partial charge in [0.15, 0.2) is 0 Å². The topological polar surface area (TPSA) is 66.9 Å². The molecule has 7 heteroatoms. The molecule has 2 aliphatic heterocycles. The highest BCUT2D eigenvalue weighted by molar-refractivity contribution is 8.18. The molecule has 0 radical (unpaired) electrons. The molecule has 3 rings (SSSR count). The van der Waals surface area contributed by atoms with Crippen molar-refractivity contribution >= 4 is 40.6 Å². The number of carbonyl (C=O) groups is 3. The summed E-state index contributed by atoms with van der Waals surface area (Å²) in [5.41, 5.74) is 2.02. The Morgan fingerprint density at radius 2 is 1.88 bits per heavy atom. The van der Waals surface area contributed by atoms with Gasteiger partial charge in [-0.15, -0.1) is 0 Å². The molecule has 1 aromatic carbocycles. The SMILES string of the molecule is CCOC(=O)CN1C(=O)SC(=Cc2ccc(N3CCCC3)cc2)C1=O. The van der Waals surface area contributed by atoms with Crippen LogP contribution in [-0.2, 0) is 14.3 Å². The van der Waals surface area contributed by atoms with Crippen LogP contribution in [0, 0.1) is 0 Å². The van der Waals surface area contributed by atoms with E-state index in [1.807, 2.05) is 24.3 Å². The Bertz CT molecular complexity index is 708. The molecule has 6 nitrogen and oxygen atoms in total. The van der Waals surface area contributed by atoms with Crippen molar-refractivity contribution in [2.75, 3.05) is 31.1 Å². The van der Waals surface area contributed by atoms with Crippen molar-refractivity contribution in [3.05, 3.63) is 34.7 Å². The summed E-state index contributed by atoms with van der Waals surface area (Å²) < 4.78 is 4.80. The third-order valence-corrected chi connectivity index (χ3v) is 5.04. The molecule has 0 bridgehead atoms. The summed E-state index contributed by atoms with van der Waals surface area (Å²) in [7, 11) is 0. The van der Waals surface area contributed by atoms with Gasteiger partial charge < -0.3 is 9.64 Å². The van der Waals surface area contributed by atoms with Gasteiger partial charge >= 0.3 is 5.97 Å². The zero-order valence-electron chi connectivity index (χ0n) is 14.1. The van der Waals surface area contributed by atoms with Crippen molar-refractivity contribution in [2.45, 2.75) is 19.8 Å². The third-order valence-electron chi connectivity index (χ3n) is 4.13. The Labute approximate surface area is 150 Å². The van der Waals surface area contributed by atoms with Crippen molar-refractivity contribution in [2.24, 2.45) is 0 Å². The second-order valence-electron chi connectivity index (χ2n) is 5.86. The first kappa shape index (κ1) is 17.5. The van der Waals surface area contributed by atoms with Crippen molar-refractivity contribution in [3.63, 3.8) is 0 Å². The quantitative estimate of drug-likeness (QED) is 0.594. The lowest BCUT2D eigenvalue weighted by atomic mass is 10.2. The zero-order chi connectivity index (χ0) is 17.8. The minimum atomic E-state index is -0.582. The average molecular weight is 360 g/mol. The number of thioether (sulfide) groups is 1. The molecule has 25 heavy (non-hydrogen) atoms. The van der Waals surface area contributed by atoms with Crippen LogP contribution in [0.3, 0.4) is 0 Å². The Hall–Kier alpha value is -2.28. The maximum Gasteiger partial charge on any atom is 0.326 e. The van der Waals surface area contributed by atoms with E-state index in [4.69, 9.17) is 4.74 Å². The van der Waals surface area contributed by atoms with Crippen LogP contribution in [0.5, 0.6) is 0 Å². The summed E-state index contributed by atoms with van der Waals surface area (Å²) in [5.74, 6) is -1.03. The Kier molecular flexibility index (Phi) is 5.43. The lowest BCUT2D eigenvalue weighted by Gasteiger charge is -2.17. The fourth-order valence-corrected chi connectivity index (χ4v) is 3.72. The predicted molar refractivity (Wildman–Crippen MR) is 97.2 cm³/mol. The average Bonchev–Trinajstić information content (AvgIpc) is 3.21. The van der Waals surface area contributed by atoms with Gasteiger partial charge in [-0.3, -0.25) is 19.3 Å². The molecule has 132 valence electrons. The van der Waals surface area contributed by atoms with E-state index >= 15 is 0 Å². The van der Waals surface area contributed by atoms with Gasteiger partial charge in [-0.25, -0.2) is 0 Å². The fourth-order valence-electron chi connectivity index (χ4n) is 2.88. The highest BCUT2D eigenvalue weighted by atomic mass is 32.2. The monoisotopic (exact) mass is 360 g/mol. The first-order chi connectivity index (χ1) is 12.1. The summed E-state index contributed by atoms with van der Waals surface area (Å²) in [6, 6.07) is 7.93. The molecule has 0 saturated carbocycles. The largest absolute Gasteiger partial charge is 0.465 e. The molecular formula is C18H20N2O4S. The van der Waals surface area contributed by atoms with Crippen LogP contribution in [0.15, 0.2) is 29.2 Å². The van der Waals surface area contributed by atoms with Crippen molar-refractivity contribution in [1.82, 2.24) is 4.90 Å². The molecule has 2 fully saturated rings. The molecule has 0 aromatic heterocycles. The maximum atomic E-state index is 12.3. The van der Waals surface area contributed by atoms with Crippen LogP contribution in [0.25, 0.3) is 6.08 Å². The van der Waals surface area contributed by atoms with Crippen molar-refractivity contribution in [1.29, 1.82) is 0 Å². The van der Waals surface area contributed by atoms with Crippen molar-refractivity contribution < 1.29 is 19.1 Å². The van der Waals surface area contributed by atoms with Gasteiger partial charge in [-0.1, -0.05) is 12.1 Å². The number of anilines is 1. The Balaban J connectivity index is 1.69. The molecule has 0 atom stereocenters. The minimum absolute atomic E-state index is 0.217. The zero-order valence-corrected chi connectivity index (χ0v) is 14.9. The molecule has 0 N–H and O–H groups in total. The molecular weight excluding hydrogens is 340 g/mol. The minimum Gasteiger partial charge on any atom is -0.465 e. The van der Waals surface area contributed by atoms with E-state index in [0.29, 0.717) is 4.91 Å². The van der Waals surface area contributed by atoms with E-state index in [1.54, 1.807) is 13.0 Å². The van der Waals surface area contributed by atoms with Gasteiger partial charge in [0.1, 0.15) is 6.54 Å². The van der Waals surface area contributed by atoms with Gasteiger partial charge in [-0.05, 0) is 55.3 Å². The molecule has 0 spiro atoms. The molecule has 2 aliphatic rings. The second kappa shape index (κ2) is 7.74. The summed E-state index contributed by atoms with van der Waals surface area (Å²) in [4.78, 5) is 39.4. The number of rotatable bonds is 5. The predicted octanol–water partition coefficient (Wildman–Crippen LogP) is 2.89. The summed E-state index contributed by atoms with van der Waals surface area (Å²) >= 11 is 0.847. The number of esters is 1. The lowest BCUT2D eigenvalue weighted by Crippen LogP contribution is -2.34. The highest BCUT2D eigenvalue weighted by Crippen LogP contribution is 2.32. The normalized spacial score (nSPS) is 19.2. The van der Waals surface area contributed by atoms with Crippen LogP contribution >= 0.6 is 11.8 Å². The first-order valence-electron chi connectivity index (χ1n) is 8.34. The van der Waals surface area contributed by atoms with E-state index in [9.17, 15) is 14.4 Å². The van der Waals surface area contributed by atoms with E-state index in [-0.39, 0.29) is 13.2 Å². The number of ether oxygens (including phenoxy) is 1. The Morgan fingerprint density at radius 3 is 2.52 bits per heavy atom. The van der Waals surface area contributed by atoms with Gasteiger partial charge in [-0.2, -0.15) is 0 Å². The fraction of sp³-hybridized carbons (Fsp3) is 0.389. The highest BCUT2D eigenvalue weighted by Gasteiger charge is 2.36. The standard InChI is InChI=1S/C18H20N2O4S/c1-2-24-16(21)12-20-17(22)15(25-18(20)23)11-13-5-7-14(8-6-13)19-9-3-4-10-19/h5-8,11H,2-4,9-10,12H2,1H3. The van der Waals surface area contributed by atoms with Crippen LogP contribution in [0.1, 0.15) is 25.3 Å². The molecule has 0 aliphatic carbocycles. The van der Waals surface area contributed by atoms with Gasteiger partial charge in [0.2, 0.25) is 0 Å². The number of amides is 2. The van der Waals surface area contributed by atoms with E-state index in [2.05, 4.69) is 4.90 Å². The molecule has 2 amide bonds. The number of hydrogen-bond acceptors (Lipinski definition) is 6. The molecule has 2 saturated heterocycles. The number of carbonyl (C=O) groups excluding carboxylic acids is 3. The summed E-state index contributed by atoms with van der Waals surface area (Å²) in [6.07, 6.45) is 4.12. The van der Waals surface area contributed by atoms with E-state index in [1.165, 1.54) is 18.5 Å². The van der Waals surface area contributed by atoms with Crippen LogP contribution < -0.4 is 4.90 Å². The van der Waals surface area contributed by atoms with Crippen LogP contribution in [0.2, 0.25) is 0 Å². The third kappa shape index (κ3) is 4.04. The van der Waals surface area contributed by atoms with Crippen LogP contribution in [0.4, 0.5) is 10.5 Å². The molecule has 0 unspecified atom stereocenters. The van der Waals surface area contributed by atoms with Crippen LogP contribution in [-0.4, -0.2) is 48.3 Å². The van der Waals surface area contributed by atoms with Gasteiger partial charge in [0.05, 0.1) is 11.5 Å². The summed E-state index contributed by atoms with van der Waals surface area (Å²) in [5, 5.41) is -0.446. The maximum absolute atomic E-state index is 12.3. The Morgan fingerprint density at radius 1 is 1.20 bits per heavy atom. The number of nitrogens with zero attached hydrogens (tertiary/aromatic N) is 2. The molecule has 2 heterocycles. The van der Waals surface area contributed by atoms with Gasteiger partial charge in [0, 0.05) is 18.8 Å². The summed E-state index contributed by atoms with van der Waals surface area (Å²) in [6.45, 7) is 3.70. The number of hydrogen-bond donors (Lipinski definition) is 0. The second-order valence-corrected chi connectivity index (χ2v) is 6.85. The number of imide groups is 1. The van der Waals surface area contributed by atoms with Crippen molar-refractivity contribution in [3.8, 4) is 0 Å². The molecule has 1 aromatic rings. The first-order valence-corrected chi connectivity index (χ1v) is 9.16.